The van der Waals surface area contributed by atoms with Crippen molar-refractivity contribution in [2.45, 2.75) is 33.7 Å². The summed E-state index contributed by atoms with van der Waals surface area (Å²) in [6.45, 7) is 7.68. The molecule has 5 heteroatoms. The molecular weight excluding hydrogens is 254 g/mol. The third kappa shape index (κ3) is 3.38. The Bertz CT molecular complexity index is 619. The summed E-state index contributed by atoms with van der Waals surface area (Å²) in [5.41, 5.74) is 3.34. The molecule has 0 bridgehead atoms. The molecule has 0 radical (unpaired) electrons. The van der Waals surface area contributed by atoms with E-state index in [0.29, 0.717) is 11.6 Å². The van der Waals surface area contributed by atoms with Crippen LogP contribution in [0.5, 0.6) is 0 Å². The molecule has 1 heterocycles. The van der Waals surface area contributed by atoms with Gasteiger partial charge in [-0.25, -0.2) is 0 Å². The maximum atomic E-state index is 12.0. The van der Waals surface area contributed by atoms with E-state index in [1.807, 2.05) is 25.1 Å². The predicted octanol–water partition coefficient (Wildman–Crippen LogP) is 3.04. The van der Waals surface area contributed by atoms with Crippen molar-refractivity contribution in [3.8, 4) is 0 Å². The van der Waals surface area contributed by atoms with Crippen molar-refractivity contribution in [1.29, 1.82) is 0 Å². The van der Waals surface area contributed by atoms with Gasteiger partial charge in [-0.05, 0) is 51.0 Å². The van der Waals surface area contributed by atoms with E-state index < -0.39 is 0 Å². The minimum Gasteiger partial charge on any atom is -0.374 e. The number of hydrogen-bond acceptors (Lipinski definition) is 4. The molecule has 2 N–H and O–H groups in total. The first-order chi connectivity index (χ1) is 9.45. The largest absolute Gasteiger partial charge is 0.374 e. The lowest BCUT2D eigenvalue weighted by atomic mass is 10.1. The molecule has 1 atom stereocenters. The van der Waals surface area contributed by atoms with Crippen molar-refractivity contribution < 1.29 is 9.32 Å². The number of hydrogen-bond donors (Lipinski definition) is 2. The van der Waals surface area contributed by atoms with Crippen molar-refractivity contribution in [2.24, 2.45) is 0 Å². The van der Waals surface area contributed by atoms with Gasteiger partial charge in [-0.1, -0.05) is 11.2 Å². The summed E-state index contributed by atoms with van der Waals surface area (Å²) in [5, 5.41) is 9.60. The topological polar surface area (TPSA) is 67.2 Å². The minimum absolute atomic E-state index is 0.156. The summed E-state index contributed by atoms with van der Waals surface area (Å²) in [7, 11) is 0. The van der Waals surface area contributed by atoms with Crippen LogP contribution in [0.3, 0.4) is 0 Å². The SMILES string of the molecule is Cc1cc(NC(=O)[C@@H](C)Nc2ccc(C)c(C)c2)no1. The van der Waals surface area contributed by atoms with Crippen LogP contribution in [0.25, 0.3) is 0 Å². The predicted molar refractivity (Wildman–Crippen MR) is 78.9 cm³/mol. The van der Waals surface area contributed by atoms with Crippen molar-refractivity contribution in [3.63, 3.8) is 0 Å². The lowest BCUT2D eigenvalue weighted by molar-refractivity contribution is -0.116. The minimum atomic E-state index is -0.367. The van der Waals surface area contributed by atoms with Crippen molar-refractivity contribution in [2.75, 3.05) is 10.6 Å². The lowest BCUT2D eigenvalue weighted by Crippen LogP contribution is -2.32. The first-order valence-corrected chi connectivity index (χ1v) is 6.53. The van der Waals surface area contributed by atoms with Gasteiger partial charge in [0, 0.05) is 11.8 Å². The number of aryl methyl sites for hydroxylation is 3. The number of rotatable bonds is 4. The van der Waals surface area contributed by atoms with E-state index in [0.717, 1.165) is 5.69 Å². The summed E-state index contributed by atoms with van der Waals surface area (Å²) in [4.78, 5) is 12.0. The normalized spacial score (nSPS) is 12.0. The molecule has 0 fully saturated rings. The van der Waals surface area contributed by atoms with Gasteiger partial charge in [-0.2, -0.15) is 0 Å². The molecular formula is C15H19N3O2. The van der Waals surface area contributed by atoms with Crippen molar-refractivity contribution >= 4 is 17.4 Å². The molecule has 5 nitrogen and oxygen atoms in total. The van der Waals surface area contributed by atoms with Crippen LogP contribution in [0, 0.1) is 20.8 Å². The second-order valence-corrected chi connectivity index (χ2v) is 4.98. The number of carbonyl (C=O) groups is 1. The van der Waals surface area contributed by atoms with Crippen LogP contribution >= 0.6 is 0 Å². The molecule has 2 rings (SSSR count). The number of aromatic nitrogens is 1. The number of benzene rings is 1. The highest BCUT2D eigenvalue weighted by molar-refractivity contribution is 5.95. The molecule has 0 spiro atoms. The maximum absolute atomic E-state index is 12.0. The summed E-state index contributed by atoms with van der Waals surface area (Å²) >= 11 is 0. The molecule has 0 saturated heterocycles. The summed E-state index contributed by atoms with van der Waals surface area (Å²) in [6, 6.07) is 7.34. The van der Waals surface area contributed by atoms with Crippen molar-refractivity contribution in [1.82, 2.24) is 5.16 Å². The second kappa shape index (κ2) is 5.77. The van der Waals surface area contributed by atoms with E-state index in [1.165, 1.54) is 11.1 Å². The summed E-state index contributed by atoms with van der Waals surface area (Å²) in [5.74, 6) is 0.938. The number of nitrogens with zero attached hydrogens (tertiary/aromatic N) is 1. The van der Waals surface area contributed by atoms with Crippen LogP contribution in [-0.4, -0.2) is 17.1 Å². The number of amides is 1. The quantitative estimate of drug-likeness (QED) is 0.898. The van der Waals surface area contributed by atoms with Gasteiger partial charge in [0.15, 0.2) is 5.82 Å². The average Bonchev–Trinajstić information content (AvgIpc) is 2.79. The van der Waals surface area contributed by atoms with Crippen molar-refractivity contribution in [3.05, 3.63) is 41.2 Å². The number of nitrogens with one attached hydrogen (secondary N) is 2. The van der Waals surface area contributed by atoms with Crippen LogP contribution in [0.1, 0.15) is 23.8 Å². The molecule has 106 valence electrons. The van der Waals surface area contributed by atoms with Gasteiger partial charge in [-0.3, -0.25) is 4.79 Å². The molecule has 20 heavy (non-hydrogen) atoms. The fourth-order valence-electron chi connectivity index (χ4n) is 1.81. The zero-order valence-corrected chi connectivity index (χ0v) is 12.2. The van der Waals surface area contributed by atoms with E-state index in [-0.39, 0.29) is 11.9 Å². The number of carbonyl (C=O) groups excluding carboxylic acids is 1. The molecule has 1 aromatic heterocycles. The Morgan fingerprint density at radius 3 is 2.55 bits per heavy atom. The highest BCUT2D eigenvalue weighted by Crippen LogP contribution is 2.15. The second-order valence-electron chi connectivity index (χ2n) is 4.98. The molecule has 1 aromatic carbocycles. The fourth-order valence-corrected chi connectivity index (χ4v) is 1.81. The molecule has 2 aromatic rings. The maximum Gasteiger partial charge on any atom is 0.247 e. The zero-order chi connectivity index (χ0) is 14.7. The Kier molecular flexibility index (Phi) is 4.08. The molecule has 0 aliphatic carbocycles. The third-order valence-corrected chi connectivity index (χ3v) is 3.16. The summed E-state index contributed by atoms with van der Waals surface area (Å²) < 4.78 is 4.91. The third-order valence-electron chi connectivity index (χ3n) is 3.16. The van der Waals surface area contributed by atoms with Crippen LogP contribution in [-0.2, 0) is 4.79 Å². The molecule has 0 saturated carbocycles. The molecule has 0 aliphatic heterocycles. The van der Waals surface area contributed by atoms with Gasteiger partial charge in [0.25, 0.3) is 0 Å². The molecule has 0 unspecified atom stereocenters. The zero-order valence-electron chi connectivity index (χ0n) is 12.2. The van der Waals surface area contributed by atoms with Gasteiger partial charge in [0.1, 0.15) is 11.8 Å². The van der Waals surface area contributed by atoms with Gasteiger partial charge >= 0.3 is 0 Å². The van der Waals surface area contributed by atoms with Crippen LogP contribution in [0.15, 0.2) is 28.8 Å². The summed E-state index contributed by atoms with van der Waals surface area (Å²) in [6.07, 6.45) is 0. The Morgan fingerprint density at radius 1 is 1.20 bits per heavy atom. The first kappa shape index (κ1) is 14.1. The van der Waals surface area contributed by atoms with Crippen LogP contribution in [0.4, 0.5) is 11.5 Å². The molecule has 1 amide bonds. The Labute approximate surface area is 118 Å². The van der Waals surface area contributed by atoms with Gasteiger partial charge in [0.2, 0.25) is 5.91 Å². The Balaban J connectivity index is 1.98. The standard InChI is InChI=1S/C15H19N3O2/c1-9-5-6-13(7-10(9)2)16-12(4)15(19)17-14-8-11(3)20-18-14/h5-8,12,16H,1-4H3,(H,17,18,19)/t12-/m1/s1. The first-order valence-electron chi connectivity index (χ1n) is 6.53. The van der Waals surface area contributed by atoms with Gasteiger partial charge in [0.05, 0.1) is 0 Å². The number of anilines is 2. The van der Waals surface area contributed by atoms with E-state index >= 15 is 0 Å². The van der Waals surface area contributed by atoms with Crippen LogP contribution < -0.4 is 10.6 Å². The van der Waals surface area contributed by atoms with Gasteiger partial charge < -0.3 is 15.2 Å². The lowest BCUT2D eigenvalue weighted by Gasteiger charge is -2.15. The highest BCUT2D eigenvalue weighted by Gasteiger charge is 2.14. The highest BCUT2D eigenvalue weighted by atomic mass is 16.5. The fraction of sp³-hybridized carbons (Fsp3) is 0.333. The Hall–Kier alpha value is -2.30. The smallest absolute Gasteiger partial charge is 0.247 e. The monoisotopic (exact) mass is 273 g/mol. The van der Waals surface area contributed by atoms with E-state index in [9.17, 15) is 4.79 Å². The van der Waals surface area contributed by atoms with E-state index in [4.69, 9.17) is 4.52 Å². The van der Waals surface area contributed by atoms with E-state index in [2.05, 4.69) is 22.7 Å². The average molecular weight is 273 g/mol. The Morgan fingerprint density at radius 2 is 1.95 bits per heavy atom. The van der Waals surface area contributed by atoms with E-state index in [1.54, 1.807) is 19.9 Å². The molecule has 0 aliphatic rings. The van der Waals surface area contributed by atoms with Crippen LogP contribution in [0.2, 0.25) is 0 Å². The van der Waals surface area contributed by atoms with Gasteiger partial charge in [-0.15, -0.1) is 0 Å².